The minimum Gasteiger partial charge on any atom is -0.374 e. The van der Waals surface area contributed by atoms with Gasteiger partial charge >= 0.3 is 0 Å². The molecule has 126 valence electrons. The van der Waals surface area contributed by atoms with Gasteiger partial charge in [0.2, 0.25) is 11.0 Å². The summed E-state index contributed by atoms with van der Waals surface area (Å²) < 4.78 is 0. The maximum absolute atomic E-state index is 11.9. The van der Waals surface area contributed by atoms with Gasteiger partial charge in [0.25, 0.3) is 0 Å². The Morgan fingerprint density at radius 1 is 1.42 bits per heavy atom. The number of benzene rings is 1. The Morgan fingerprint density at radius 3 is 3.08 bits per heavy atom. The first-order valence-corrected chi connectivity index (χ1v) is 9.34. The first-order chi connectivity index (χ1) is 11.6. The van der Waals surface area contributed by atoms with Crippen LogP contribution in [0.3, 0.4) is 0 Å². The fourth-order valence-corrected chi connectivity index (χ4v) is 3.55. The van der Waals surface area contributed by atoms with E-state index in [1.165, 1.54) is 28.7 Å². The Balaban J connectivity index is 1.40. The number of hydrogen-bond donors (Lipinski definition) is 3. The average Bonchev–Trinajstić information content (AvgIpc) is 3.15. The highest BCUT2D eigenvalue weighted by molar-refractivity contribution is 7.99. The highest BCUT2D eigenvalue weighted by Crippen LogP contribution is 2.20. The Bertz CT molecular complexity index is 843. The van der Waals surface area contributed by atoms with Gasteiger partial charge in [0.15, 0.2) is 5.16 Å². The molecule has 0 fully saturated rings. The lowest BCUT2D eigenvalue weighted by Gasteiger charge is -2.02. The number of thioether (sulfide) groups is 1. The summed E-state index contributed by atoms with van der Waals surface area (Å²) in [6, 6.07) is 6.05. The van der Waals surface area contributed by atoms with Crippen LogP contribution in [0.15, 0.2) is 23.4 Å². The fourth-order valence-electron chi connectivity index (χ4n) is 2.19. The number of amides is 1. The molecule has 3 rings (SSSR count). The number of aromatic amines is 1. The number of anilines is 1. The van der Waals surface area contributed by atoms with E-state index in [9.17, 15) is 4.79 Å². The van der Waals surface area contributed by atoms with Crippen molar-refractivity contribution < 1.29 is 4.79 Å². The van der Waals surface area contributed by atoms with Gasteiger partial charge in [0.05, 0.1) is 16.8 Å². The van der Waals surface area contributed by atoms with Gasteiger partial charge in [-0.05, 0) is 31.0 Å². The molecule has 0 saturated carbocycles. The van der Waals surface area contributed by atoms with Crippen molar-refractivity contribution >= 4 is 45.2 Å². The minimum absolute atomic E-state index is 0.00610. The molecule has 0 bridgehead atoms. The number of fused-ring (bicyclic) bond motifs is 1. The van der Waals surface area contributed by atoms with Crippen molar-refractivity contribution in [3.8, 4) is 0 Å². The van der Waals surface area contributed by atoms with E-state index >= 15 is 0 Å². The average molecular weight is 362 g/mol. The summed E-state index contributed by atoms with van der Waals surface area (Å²) in [5.74, 6) is 0.332. The largest absolute Gasteiger partial charge is 0.374 e. The van der Waals surface area contributed by atoms with Crippen molar-refractivity contribution in [2.24, 2.45) is 0 Å². The predicted molar refractivity (Wildman–Crippen MR) is 97.2 cm³/mol. The molecule has 1 amide bonds. The van der Waals surface area contributed by atoms with E-state index in [1.807, 2.05) is 25.1 Å². The normalized spacial score (nSPS) is 11.0. The standard InChI is InChI=1S/C15H18N6OS2/c1-9-4-5-10-11(7-9)19-15(18-10)23-8-12(22)17-6-2-3-13-20-21-14(16)24-13/h4-5,7H,2-3,6,8H2,1H3,(H2,16,21)(H,17,22)(H,18,19). The lowest BCUT2D eigenvalue weighted by atomic mass is 10.2. The third kappa shape index (κ3) is 4.45. The van der Waals surface area contributed by atoms with Crippen LogP contribution >= 0.6 is 23.1 Å². The molecule has 0 saturated heterocycles. The maximum Gasteiger partial charge on any atom is 0.230 e. The first-order valence-electron chi connectivity index (χ1n) is 7.54. The van der Waals surface area contributed by atoms with E-state index in [4.69, 9.17) is 5.73 Å². The summed E-state index contributed by atoms with van der Waals surface area (Å²) in [5.41, 5.74) is 8.62. The van der Waals surface area contributed by atoms with E-state index in [0.717, 1.165) is 34.0 Å². The molecule has 0 aliphatic rings. The number of rotatable bonds is 7. The molecule has 2 heterocycles. The molecule has 0 aliphatic heterocycles. The van der Waals surface area contributed by atoms with Gasteiger partial charge in [-0.15, -0.1) is 10.2 Å². The summed E-state index contributed by atoms with van der Waals surface area (Å²) in [4.78, 5) is 19.6. The second-order valence-electron chi connectivity index (χ2n) is 5.34. The number of aryl methyl sites for hydroxylation is 2. The SMILES string of the molecule is Cc1ccc2nc(SCC(=O)NCCCc3nnc(N)s3)[nH]c2c1. The van der Waals surface area contributed by atoms with Gasteiger partial charge < -0.3 is 16.0 Å². The maximum atomic E-state index is 11.9. The van der Waals surface area contributed by atoms with Crippen LogP contribution in [0.25, 0.3) is 11.0 Å². The molecule has 0 atom stereocenters. The molecule has 9 heteroatoms. The van der Waals surface area contributed by atoms with Crippen LogP contribution in [0, 0.1) is 6.92 Å². The summed E-state index contributed by atoms with van der Waals surface area (Å²) in [6.45, 7) is 2.65. The highest BCUT2D eigenvalue weighted by atomic mass is 32.2. The zero-order valence-electron chi connectivity index (χ0n) is 13.2. The third-order valence-corrected chi connectivity index (χ3v) is 5.01. The summed E-state index contributed by atoms with van der Waals surface area (Å²) in [7, 11) is 0. The number of H-pyrrole nitrogens is 1. The van der Waals surface area contributed by atoms with Crippen molar-refractivity contribution in [3.63, 3.8) is 0 Å². The zero-order valence-corrected chi connectivity index (χ0v) is 14.8. The van der Waals surface area contributed by atoms with Crippen LogP contribution in [0.4, 0.5) is 5.13 Å². The number of aromatic nitrogens is 4. The molecule has 0 unspecified atom stereocenters. The van der Waals surface area contributed by atoms with E-state index in [0.29, 0.717) is 17.4 Å². The molecular formula is C15H18N6OS2. The molecule has 24 heavy (non-hydrogen) atoms. The van der Waals surface area contributed by atoms with Crippen molar-refractivity contribution in [3.05, 3.63) is 28.8 Å². The number of nitrogens with two attached hydrogens (primary N) is 1. The highest BCUT2D eigenvalue weighted by Gasteiger charge is 2.07. The van der Waals surface area contributed by atoms with E-state index in [2.05, 4.69) is 25.5 Å². The number of carbonyl (C=O) groups excluding carboxylic acids is 1. The minimum atomic E-state index is -0.00610. The number of nitrogen functional groups attached to an aromatic ring is 1. The van der Waals surface area contributed by atoms with Gasteiger partial charge in [-0.3, -0.25) is 4.79 Å². The van der Waals surface area contributed by atoms with Crippen LogP contribution in [-0.2, 0) is 11.2 Å². The molecule has 7 nitrogen and oxygen atoms in total. The van der Waals surface area contributed by atoms with Crippen LogP contribution < -0.4 is 11.1 Å². The van der Waals surface area contributed by atoms with Gasteiger partial charge in [-0.1, -0.05) is 29.2 Å². The molecule has 3 aromatic rings. The fraction of sp³-hybridized carbons (Fsp3) is 0.333. The van der Waals surface area contributed by atoms with Crippen LogP contribution in [0.1, 0.15) is 17.0 Å². The van der Waals surface area contributed by atoms with Crippen molar-refractivity contribution in [1.29, 1.82) is 0 Å². The van der Waals surface area contributed by atoms with Crippen molar-refractivity contribution in [1.82, 2.24) is 25.5 Å². The Morgan fingerprint density at radius 2 is 2.29 bits per heavy atom. The molecular weight excluding hydrogens is 344 g/mol. The van der Waals surface area contributed by atoms with Crippen LogP contribution in [0.2, 0.25) is 0 Å². The quantitative estimate of drug-likeness (QED) is 0.439. The number of hydrogen-bond acceptors (Lipinski definition) is 7. The van der Waals surface area contributed by atoms with Crippen LogP contribution in [-0.4, -0.2) is 38.4 Å². The van der Waals surface area contributed by atoms with Gasteiger partial charge in [-0.25, -0.2) is 4.98 Å². The van der Waals surface area contributed by atoms with E-state index in [1.54, 1.807) is 0 Å². The van der Waals surface area contributed by atoms with Crippen molar-refractivity contribution in [2.45, 2.75) is 24.9 Å². The van der Waals surface area contributed by atoms with Gasteiger partial charge in [0.1, 0.15) is 5.01 Å². The van der Waals surface area contributed by atoms with E-state index in [-0.39, 0.29) is 5.91 Å². The Kier molecular flexibility index (Phi) is 5.31. The summed E-state index contributed by atoms with van der Waals surface area (Å²) in [6.07, 6.45) is 1.58. The molecule has 1 aromatic carbocycles. The number of carbonyl (C=O) groups is 1. The predicted octanol–water partition coefficient (Wildman–Crippen LogP) is 2.15. The second kappa shape index (κ2) is 7.63. The number of nitrogens with one attached hydrogen (secondary N) is 2. The second-order valence-corrected chi connectivity index (χ2v) is 7.40. The van der Waals surface area contributed by atoms with Gasteiger partial charge in [0, 0.05) is 13.0 Å². The molecule has 0 spiro atoms. The monoisotopic (exact) mass is 362 g/mol. The van der Waals surface area contributed by atoms with Crippen molar-refractivity contribution in [2.75, 3.05) is 18.0 Å². The molecule has 0 radical (unpaired) electrons. The summed E-state index contributed by atoms with van der Waals surface area (Å²) >= 11 is 2.79. The van der Waals surface area contributed by atoms with Gasteiger partial charge in [-0.2, -0.15) is 0 Å². The van der Waals surface area contributed by atoms with E-state index < -0.39 is 0 Å². The third-order valence-electron chi connectivity index (χ3n) is 3.33. The molecule has 4 N–H and O–H groups in total. The molecule has 0 aliphatic carbocycles. The smallest absolute Gasteiger partial charge is 0.230 e. The summed E-state index contributed by atoms with van der Waals surface area (Å²) in [5, 5.41) is 12.7. The first kappa shape index (κ1) is 16.7. The number of nitrogens with zero attached hydrogens (tertiary/aromatic N) is 3. The lowest BCUT2D eigenvalue weighted by Crippen LogP contribution is -2.26. The Labute approximate surface area is 147 Å². The zero-order chi connectivity index (χ0) is 16.9. The number of imidazole rings is 1. The van der Waals surface area contributed by atoms with Crippen LogP contribution in [0.5, 0.6) is 0 Å². The Hall–Kier alpha value is -2.13. The molecule has 2 aromatic heterocycles. The lowest BCUT2D eigenvalue weighted by molar-refractivity contribution is -0.118. The topological polar surface area (TPSA) is 110 Å².